The molecule has 0 saturated carbocycles. The Labute approximate surface area is 100 Å². The van der Waals surface area contributed by atoms with Crippen LogP contribution in [0, 0.1) is 17.2 Å². The van der Waals surface area contributed by atoms with E-state index in [2.05, 4.69) is 5.32 Å². The number of nitrogens with zero attached hydrogens (tertiary/aromatic N) is 2. The van der Waals surface area contributed by atoms with E-state index in [4.69, 9.17) is 16.9 Å². The van der Waals surface area contributed by atoms with E-state index in [-0.39, 0.29) is 18.2 Å². The van der Waals surface area contributed by atoms with Gasteiger partial charge >= 0.3 is 6.03 Å². The van der Waals surface area contributed by atoms with Crippen LogP contribution in [0.3, 0.4) is 0 Å². The van der Waals surface area contributed by atoms with Crippen molar-refractivity contribution in [2.75, 3.05) is 19.0 Å². The molecular formula is C10H16ClN3O2. The lowest BCUT2D eigenvalue weighted by molar-refractivity contribution is -0.117. The predicted octanol–water partition coefficient (Wildman–Crippen LogP) is 1.33. The molecule has 0 aromatic carbocycles. The number of halogens is 1. The third-order valence-electron chi connectivity index (χ3n) is 1.73. The summed E-state index contributed by atoms with van der Waals surface area (Å²) in [6.45, 7) is 4.73. The first-order valence-corrected chi connectivity index (χ1v) is 5.56. The zero-order valence-electron chi connectivity index (χ0n) is 9.49. The maximum absolute atomic E-state index is 11.6. The fraction of sp³-hybridized carbons (Fsp3) is 0.700. The number of rotatable bonds is 5. The van der Waals surface area contributed by atoms with E-state index >= 15 is 0 Å². The van der Waals surface area contributed by atoms with E-state index in [1.54, 1.807) is 0 Å². The molecule has 90 valence electrons. The van der Waals surface area contributed by atoms with Crippen LogP contribution in [0.15, 0.2) is 0 Å². The summed E-state index contributed by atoms with van der Waals surface area (Å²) >= 11 is 5.28. The van der Waals surface area contributed by atoms with E-state index in [1.165, 1.54) is 4.90 Å². The van der Waals surface area contributed by atoms with Gasteiger partial charge in [-0.05, 0) is 5.92 Å². The molecule has 0 heterocycles. The second kappa shape index (κ2) is 7.94. The monoisotopic (exact) mass is 245 g/mol. The Kier molecular flexibility index (Phi) is 7.31. The molecule has 16 heavy (non-hydrogen) atoms. The summed E-state index contributed by atoms with van der Waals surface area (Å²) in [5.41, 5.74) is 0. The molecule has 1 N–H and O–H groups in total. The van der Waals surface area contributed by atoms with E-state index in [9.17, 15) is 9.59 Å². The molecular weight excluding hydrogens is 230 g/mol. The summed E-state index contributed by atoms with van der Waals surface area (Å²) in [4.78, 5) is 24.0. The van der Waals surface area contributed by atoms with E-state index in [0.29, 0.717) is 13.1 Å². The lowest BCUT2D eigenvalue weighted by atomic mass is 10.2. The van der Waals surface area contributed by atoms with Crippen LogP contribution in [-0.2, 0) is 4.79 Å². The van der Waals surface area contributed by atoms with Crippen molar-refractivity contribution >= 4 is 23.5 Å². The van der Waals surface area contributed by atoms with Gasteiger partial charge in [-0.15, -0.1) is 11.6 Å². The lowest BCUT2D eigenvalue weighted by Gasteiger charge is -2.23. The summed E-state index contributed by atoms with van der Waals surface area (Å²) in [6, 6.07) is 1.47. The van der Waals surface area contributed by atoms with E-state index in [1.807, 2.05) is 19.9 Å². The van der Waals surface area contributed by atoms with Gasteiger partial charge in [-0.25, -0.2) is 4.79 Å². The second-order valence-electron chi connectivity index (χ2n) is 3.73. The molecule has 0 aromatic rings. The van der Waals surface area contributed by atoms with Crippen LogP contribution >= 0.6 is 11.6 Å². The smallest absolute Gasteiger partial charge is 0.323 e. The second-order valence-corrected chi connectivity index (χ2v) is 4.00. The van der Waals surface area contributed by atoms with Crippen molar-refractivity contribution in [3.63, 3.8) is 0 Å². The Bertz CT molecular complexity index is 286. The normalized spacial score (nSPS) is 9.69. The highest BCUT2D eigenvalue weighted by atomic mass is 35.5. The summed E-state index contributed by atoms with van der Waals surface area (Å²) in [6.07, 6.45) is 0.245. The number of nitrogens with one attached hydrogen (secondary N) is 1. The van der Waals surface area contributed by atoms with Crippen molar-refractivity contribution < 1.29 is 9.59 Å². The van der Waals surface area contributed by atoms with Crippen molar-refractivity contribution in [1.82, 2.24) is 10.2 Å². The molecule has 0 radical (unpaired) electrons. The van der Waals surface area contributed by atoms with Crippen LogP contribution in [-0.4, -0.2) is 35.8 Å². The minimum absolute atomic E-state index is 0.245. The number of amides is 3. The van der Waals surface area contributed by atoms with E-state index < -0.39 is 11.9 Å². The van der Waals surface area contributed by atoms with Gasteiger partial charge in [-0.3, -0.25) is 10.1 Å². The minimum Gasteiger partial charge on any atom is -0.323 e. The lowest BCUT2D eigenvalue weighted by Crippen LogP contribution is -2.45. The molecule has 0 saturated heterocycles. The Morgan fingerprint density at radius 2 is 2.12 bits per heavy atom. The van der Waals surface area contributed by atoms with Crippen molar-refractivity contribution in [2.45, 2.75) is 20.3 Å². The molecule has 6 heteroatoms. The molecule has 0 aliphatic heterocycles. The van der Waals surface area contributed by atoms with Crippen LogP contribution in [0.25, 0.3) is 0 Å². The quantitative estimate of drug-likeness (QED) is 0.743. The Morgan fingerprint density at radius 3 is 2.56 bits per heavy atom. The topological polar surface area (TPSA) is 73.2 Å². The first kappa shape index (κ1) is 14.7. The number of hydrogen-bond donors (Lipinski definition) is 1. The van der Waals surface area contributed by atoms with Gasteiger partial charge in [-0.1, -0.05) is 13.8 Å². The van der Waals surface area contributed by atoms with Gasteiger partial charge in [0.2, 0.25) is 5.91 Å². The van der Waals surface area contributed by atoms with Gasteiger partial charge in [0.15, 0.2) is 0 Å². The summed E-state index contributed by atoms with van der Waals surface area (Å²) in [7, 11) is 0. The first-order chi connectivity index (χ1) is 7.51. The van der Waals surface area contributed by atoms with Crippen LogP contribution in [0.4, 0.5) is 4.79 Å². The summed E-state index contributed by atoms with van der Waals surface area (Å²) in [5.74, 6) is -0.507. The summed E-state index contributed by atoms with van der Waals surface area (Å²) < 4.78 is 0. The molecule has 3 amide bonds. The zero-order chi connectivity index (χ0) is 12.6. The maximum Gasteiger partial charge on any atom is 0.324 e. The molecule has 0 unspecified atom stereocenters. The zero-order valence-corrected chi connectivity index (χ0v) is 10.3. The molecule has 5 nitrogen and oxygen atoms in total. The number of carbonyl (C=O) groups is 2. The predicted molar refractivity (Wildman–Crippen MR) is 60.9 cm³/mol. The van der Waals surface area contributed by atoms with Crippen LogP contribution in [0.5, 0.6) is 0 Å². The van der Waals surface area contributed by atoms with Crippen molar-refractivity contribution in [3.05, 3.63) is 0 Å². The maximum atomic E-state index is 11.6. The fourth-order valence-electron chi connectivity index (χ4n) is 1.13. The van der Waals surface area contributed by atoms with Gasteiger partial charge in [0.25, 0.3) is 0 Å². The van der Waals surface area contributed by atoms with Gasteiger partial charge in [0.1, 0.15) is 5.88 Å². The summed E-state index contributed by atoms with van der Waals surface area (Å²) in [5, 5.41) is 10.6. The molecule has 0 fully saturated rings. The highest BCUT2D eigenvalue weighted by molar-refractivity contribution is 6.28. The molecule has 0 spiro atoms. The Balaban J connectivity index is 4.32. The molecule has 0 rings (SSSR count). The fourth-order valence-corrected chi connectivity index (χ4v) is 1.20. The average molecular weight is 246 g/mol. The highest BCUT2D eigenvalue weighted by Crippen LogP contribution is 2.00. The number of nitriles is 1. The third-order valence-corrected chi connectivity index (χ3v) is 1.98. The number of urea groups is 1. The number of imide groups is 1. The first-order valence-electron chi connectivity index (χ1n) is 5.03. The SMILES string of the molecule is CC(C)CN(CCC#N)C(=O)NC(=O)CCl. The van der Waals surface area contributed by atoms with Crippen molar-refractivity contribution in [3.8, 4) is 6.07 Å². The van der Waals surface area contributed by atoms with Gasteiger partial charge in [0.05, 0.1) is 12.5 Å². The van der Waals surface area contributed by atoms with E-state index in [0.717, 1.165) is 0 Å². The Hall–Kier alpha value is -1.28. The molecule has 0 aliphatic rings. The number of alkyl halides is 1. The van der Waals surface area contributed by atoms with Gasteiger partial charge < -0.3 is 4.90 Å². The highest BCUT2D eigenvalue weighted by Gasteiger charge is 2.16. The third kappa shape index (κ3) is 6.25. The largest absolute Gasteiger partial charge is 0.324 e. The average Bonchev–Trinajstić information content (AvgIpc) is 2.23. The standard InChI is InChI=1S/C10H16ClN3O2/c1-8(2)7-14(5-3-4-12)10(16)13-9(15)6-11/h8H,3,5-7H2,1-2H3,(H,13,15,16). The van der Waals surface area contributed by atoms with Gasteiger partial charge in [0, 0.05) is 13.1 Å². The molecule has 0 bridgehead atoms. The minimum atomic E-state index is -0.530. The molecule has 0 aromatic heterocycles. The van der Waals surface area contributed by atoms with Gasteiger partial charge in [-0.2, -0.15) is 5.26 Å². The van der Waals surface area contributed by atoms with Crippen molar-refractivity contribution in [2.24, 2.45) is 5.92 Å². The van der Waals surface area contributed by atoms with Crippen LogP contribution in [0.2, 0.25) is 0 Å². The van der Waals surface area contributed by atoms with Crippen molar-refractivity contribution in [1.29, 1.82) is 5.26 Å². The number of hydrogen-bond acceptors (Lipinski definition) is 3. The molecule has 0 aliphatic carbocycles. The number of carbonyl (C=O) groups excluding carboxylic acids is 2. The molecule has 0 atom stereocenters. The van der Waals surface area contributed by atoms with Crippen LogP contribution < -0.4 is 5.32 Å². The van der Waals surface area contributed by atoms with Crippen LogP contribution in [0.1, 0.15) is 20.3 Å². The Morgan fingerprint density at radius 1 is 1.50 bits per heavy atom.